The zero-order valence-electron chi connectivity index (χ0n) is 20.0. The smallest absolute Gasteiger partial charge is 0.326 e. The molecule has 4 rings (SSSR count). The molecule has 1 saturated heterocycles. The molecule has 0 bridgehead atoms. The third-order valence-electron chi connectivity index (χ3n) is 6.69. The minimum absolute atomic E-state index is 0.159. The maximum Gasteiger partial charge on any atom is 0.408 e. The number of benzene rings is 2. The number of rotatable bonds is 6. The van der Waals surface area contributed by atoms with Gasteiger partial charge in [-0.15, -0.1) is 0 Å². The van der Waals surface area contributed by atoms with Gasteiger partial charge in [-0.1, -0.05) is 24.3 Å². The lowest BCUT2D eigenvalue weighted by Gasteiger charge is -2.32. The van der Waals surface area contributed by atoms with Crippen LogP contribution in [0.5, 0.6) is 0 Å². The summed E-state index contributed by atoms with van der Waals surface area (Å²) in [5.41, 5.74) is 0.359. The summed E-state index contributed by atoms with van der Waals surface area (Å²) in [5.74, 6) is -2.76. The zero-order chi connectivity index (χ0) is 27.1. The van der Waals surface area contributed by atoms with Crippen molar-refractivity contribution >= 4 is 29.4 Å². The number of nitrogens with zero attached hydrogens (tertiary/aromatic N) is 2. The number of imide groups is 1. The second-order valence-corrected chi connectivity index (χ2v) is 9.11. The Morgan fingerprint density at radius 2 is 1.84 bits per heavy atom. The monoisotopic (exact) mass is 520 g/mol. The number of fused-ring (bicyclic) bond motifs is 2. The maximum absolute atomic E-state index is 13.6. The molecule has 1 spiro atoms. The SMILES string of the molecule is CC(=O)Nc1cccc2c1CCC21NC(=O)N(CC(=O)N(Cc2ccc(F)cc2)[C@@H](C)C(F)(F)F)C1=O. The van der Waals surface area contributed by atoms with Gasteiger partial charge in [-0.25, -0.2) is 9.18 Å². The number of amides is 5. The Morgan fingerprint density at radius 3 is 2.46 bits per heavy atom. The first-order valence-electron chi connectivity index (χ1n) is 11.5. The highest BCUT2D eigenvalue weighted by molar-refractivity contribution is 6.10. The standard InChI is InChI=1S/C25H24F4N4O4/c1-14(25(27,28)29)32(12-16-6-8-17(26)9-7-16)21(35)13-33-22(36)24(31-23(33)37)11-10-18-19(24)4-3-5-20(18)30-15(2)34/h3-9,14H,10-13H2,1-2H3,(H,30,34)(H,31,37)/t14-,24?/m0/s1. The molecule has 8 nitrogen and oxygen atoms in total. The lowest BCUT2D eigenvalue weighted by Crippen LogP contribution is -2.51. The molecule has 2 atom stereocenters. The van der Waals surface area contributed by atoms with Gasteiger partial charge in [0.15, 0.2) is 0 Å². The van der Waals surface area contributed by atoms with Crippen LogP contribution in [-0.4, -0.2) is 52.3 Å². The van der Waals surface area contributed by atoms with E-state index < -0.39 is 54.5 Å². The number of carbonyl (C=O) groups excluding carboxylic acids is 4. The molecule has 37 heavy (non-hydrogen) atoms. The van der Waals surface area contributed by atoms with Crippen LogP contribution in [-0.2, 0) is 32.9 Å². The van der Waals surface area contributed by atoms with E-state index in [1.165, 1.54) is 19.1 Å². The first-order valence-corrected chi connectivity index (χ1v) is 11.5. The summed E-state index contributed by atoms with van der Waals surface area (Å²) in [4.78, 5) is 52.1. The van der Waals surface area contributed by atoms with E-state index in [2.05, 4.69) is 10.6 Å². The Labute approximate surface area is 209 Å². The third-order valence-corrected chi connectivity index (χ3v) is 6.69. The molecule has 12 heteroatoms. The number of carbonyl (C=O) groups is 4. The number of hydrogen-bond acceptors (Lipinski definition) is 4. The number of anilines is 1. The van der Waals surface area contributed by atoms with Gasteiger partial charge in [0.2, 0.25) is 11.8 Å². The number of hydrogen-bond donors (Lipinski definition) is 2. The maximum atomic E-state index is 13.6. The molecule has 2 N–H and O–H groups in total. The Kier molecular flexibility index (Phi) is 6.70. The number of nitrogens with one attached hydrogen (secondary N) is 2. The summed E-state index contributed by atoms with van der Waals surface area (Å²) in [6, 6.07) is 6.39. The van der Waals surface area contributed by atoms with Gasteiger partial charge in [0.05, 0.1) is 0 Å². The average Bonchev–Trinajstić information content (AvgIpc) is 3.31. The van der Waals surface area contributed by atoms with Crippen molar-refractivity contribution in [1.29, 1.82) is 0 Å². The van der Waals surface area contributed by atoms with Crippen molar-refractivity contribution in [2.45, 2.75) is 51.0 Å². The van der Waals surface area contributed by atoms with Crippen LogP contribution in [0.15, 0.2) is 42.5 Å². The fourth-order valence-electron chi connectivity index (χ4n) is 4.76. The Balaban J connectivity index is 1.60. The molecule has 0 radical (unpaired) electrons. The van der Waals surface area contributed by atoms with Crippen molar-refractivity contribution < 1.29 is 36.7 Å². The Bertz CT molecular complexity index is 1260. The molecule has 0 saturated carbocycles. The first kappa shape index (κ1) is 26.1. The minimum Gasteiger partial charge on any atom is -0.326 e. The molecular formula is C25H24F4N4O4. The molecule has 196 valence electrons. The third kappa shape index (κ3) is 4.87. The molecule has 1 heterocycles. The summed E-state index contributed by atoms with van der Waals surface area (Å²) in [6.07, 6.45) is -4.27. The normalized spacial score (nSPS) is 19.6. The van der Waals surface area contributed by atoms with Gasteiger partial charge >= 0.3 is 12.2 Å². The van der Waals surface area contributed by atoms with Gasteiger partial charge in [0.25, 0.3) is 5.91 Å². The van der Waals surface area contributed by atoms with Crippen molar-refractivity contribution in [3.63, 3.8) is 0 Å². The van der Waals surface area contributed by atoms with Crippen LogP contribution < -0.4 is 10.6 Å². The summed E-state index contributed by atoms with van der Waals surface area (Å²) in [6.45, 7) is 0.720. The highest BCUT2D eigenvalue weighted by Crippen LogP contribution is 2.44. The lowest BCUT2D eigenvalue weighted by atomic mass is 9.91. The van der Waals surface area contributed by atoms with E-state index in [9.17, 15) is 36.7 Å². The van der Waals surface area contributed by atoms with Gasteiger partial charge in [0, 0.05) is 19.2 Å². The quantitative estimate of drug-likeness (QED) is 0.450. The first-order chi connectivity index (χ1) is 17.3. The number of alkyl halides is 3. The Morgan fingerprint density at radius 1 is 1.16 bits per heavy atom. The van der Waals surface area contributed by atoms with E-state index in [1.807, 2.05) is 0 Å². The summed E-state index contributed by atoms with van der Waals surface area (Å²) in [5, 5.41) is 5.30. The molecule has 2 aromatic carbocycles. The second kappa shape index (κ2) is 9.49. The fourth-order valence-corrected chi connectivity index (χ4v) is 4.76. The highest BCUT2D eigenvalue weighted by atomic mass is 19.4. The summed E-state index contributed by atoms with van der Waals surface area (Å²) < 4.78 is 54.0. The van der Waals surface area contributed by atoms with E-state index >= 15 is 0 Å². The van der Waals surface area contributed by atoms with Gasteiger partial charge in [-0.05, 0) is 54.7 Å². The minimum atomic E-state index is -4.78. The van der Waals surface area contributed by atoms with Gasteiger partial charge in [0.1, 0.15) is 23.9 Å². The van der Waals surface area contributed by atoms with Crippen LogP contribution in [0.3, 0.4) is 0 Å². The van der Waals surface area contributed by atoms with Crippen LogP contribution in [0.2, 0.25) is 0 Å². The molecule has 1 aliphatic heterocycles. The molecule has 1 unspecified atom stereocenters. The van der Waals surface area contributed by atoms with Crippen LogP contribution in [0, 0.1) is 5.82 Å². The summed E-state index contributed by atoms with van der Waals surface area (Å²) in [7, 11) is 0. The predicted molar refractivity (Wildman–Crippen MR) is 123 cm³/mol. The highest BCUT2D eigenvalue weighted by Gasteiger charge is 2.56. The largest absolute Gasteiger partial charge is 0.408 e. The van der Waals surface area contributed by atoms with Crippen LogP contribution >= 0.6 is 0 Å². The second-order valence-electron chi connectivity index (χ2n) is 9.11. The van der Waals surface area contributed by atoms with Crippen LogP contribution in [0.1, 0.15) is 37.0 Å². The molecule has 1 fully saturated rings. The molecule has 2 aliphatic rings. The molecule has 0 aromatic heterocycles. The number of halogens is 4. The van der Waals surface area contributed by atoms with E-state index in [-0.39, 0.29) is 17.9 Å². The van der Waals surface area contributed by atoms with E-state index in [0.717, 1.165) is 19.1 Å². The van der Waals surface area contributed by atoms with Crippen molar-refractivity contribution in [3.05, 3.63) is 65.0 Å². The average molecular weight is 520 g/mol. The Hall–Kier alpha value is -3.96. The van der Waals surface area contributed by atoms with E-state index in [4.69, 9.17) is 0 Å². The number of urea groups is 1. The predicted octanol–water partition coefficient (Wildman–Crippen LogP) is 3.46. The van der Waals surface area contributed by atoms with Gasteiger partial charge in [-0.3, -0.25) is 19.3 Å². The van der Waals surface area contributed by atoms with Gasteiger partial charge < -0.3 is 15.5 Å². The van der Waals surface area contributed by atoms with Crippen molar-refractivity contribution in [2.24, 2.45) is 0 Å². The molecule has 5 amide bonds. The van der Waals surface area contributed by atoms with Crippen molar-refractivity contribution in [1.82, 2.24) is 15.1 Å². The zero-order valence-corrected chi connectivity index (χ0v) is 20.0. The summed E-state index contributed by atoms with van der Waals surface area (Å²) >= 11 is 0. The molecular weight excluding hydrogens is 496 g/mol. The van der Waals surface area contributed by atoms with Crippen molar-refractivity contribution in [2.75, 3.05) is 11.9 Å². The molecule has 1 aliphatic carbocycles. The van der Waals surface area contributed by atoms with Gasteiger partial charge in [-0.2, -0.15) is 13.2 Å². The lowest BCUT2D eigenvalue weighted by molar-refractivity contribution is -0.187. The van der Waals surface area contributed by atoms with Crippen LogP contribution in [0.4, 0.5) is 28.0 Å². The van der Waals surface area contributed by atoms with E-state index in [1.54, 1.807) is 18.2 Å². The van der Waals surface area contributed by atoms with E-state index in [0.29, 0.717) is 33.0 Å². The van der Waals surface area contributed by atoms with Crippen molar-refractivity contribution in [3.8, 4) is 0 Å². The fraction of sp³-hybridized carbons (Fsp3) is 0.360. The van der Waals surface area contributed by atoms with Crippen LogP contribution in [0.25, 0.3) is 0 Å². The molecule has 2 aromatic rings. The topological polar surface area (TPSA) is 98.8 Å².